The van der Waals surface area contributed by atoms with Gasteiger partial charge in [-0.3, -0.25) is 4.79 Å². The number of aromatic hydroxyl groups is 1. The van der Waals surface area contributed by atoms with Crippen LogP contribution in [0.1, 0.15) is 10.4 Å². The number of phenols is 1. The van der Waals surface area contributed by atoms with Crippen LogP contribution in [0.3, 0.4) is 0 Å². The van der Waals surface area contributed by atoms with Gasteiger partial charge in [0, 0.05) is 0 Å². The molecule has 0 aliphatic heterocycles. The number of carbonyl (C=O) groups excluding carboxylic acids is 1. The molecule has 1 N–H and O–H groups in total. The normalized spacial score (nSPS) is 10.3. The Bertz CT molecular complexity index is 318. The summed E-state index contributed by atoms with van der Waals surface area (Å²) in [5.41, 5.74) is 0.330. The van der Waals surface area contributed by atoms with Gasteiger partial charge < -0.3 is 5.11 Å². The van der Waals surface area contributed by atoms with Crippen molar-refractivity contribution in [2.45, 2.75) is 0 Å². The van der Waals surface area contributed by atoms with Gasteiger partial charge in [0.05, 0.1) is 5.56 Å². The van der Waals surface area contributed by atoms with Gasteiger partial charge in [-0.1, -0.05) is 12.1 Å². The summed E-state index contributed by atoms with van der Waals surface area (Å²) in [6.07, 6.45) is 1.39. The molecule has 1 rings (SSSR count). The molecule has 0 saturated carbocycles. The van der Waals surface area contributed by atoms with E-state index < -0.39 is 0 Å². The van der Waals surface area contributed by atoms with E-state index in [-0.39, 0.29) is 11.5 Å². The Morgan fingerprint density at radius 1 is 1.42 bits per heavy atom. The molecule has 0 spiro atoms. The molecule has 12 heavy (non-hydrogen) atoms. The number of allylic oxidation sites excluding steroid dienone is 1. The summed E-state index contributed by atoms with van der Waals surface area (Å²) < 4.78 is 0. The number of benzene rings is 1. The standard InChI is InChI=1S/C9H7O2.Al/c1-2-8(10)7-5-3-4-6-9(7)11;/h1-6,11H;. The van der Waals surface area contributed by atoms with Crippen molar-refractivity contribution in [1.82, 2.24) is 0 Å². The Morgan fingerprint density at radius 2 is 2.08 bits per heavy atom. The van der Waals surface area contributed by atoms with Crippen molar-refractivity contribution in [3.8, 4) is 5.75 Å². The quantitative estimate of drug-likeness (QED) is 0.416. The van der Waals surface area contributed by atoms with E-state index in [2.05, 4.69) is 16.3 Å². The molecular weight excluding hydrogens is 167 g/mol. The molecule has 0 aromatic heterocycles. The number of ketones is 1. The molecule has 58 valence electrons. The molecule has 2 nitrogen and oxygen atoms in total. The maximum Gasteiger partial charge on any atom is 0.187 e. The van der Waals surface area contributed by atoms with Gasteiger partial charge in [-0.15, -0.1) is 0 Å². The number of hydrogen-bond donors (Lipinski definition) is 1. The van der Waals surface area contributed by atoms with Crippen LogP contribution in [-0.4, -0.2) is 27.2 Å². The maximum atomic E-state index is 11.2. The fraction of sp³-hybridized carbons (Fsp3) is 0. The van der Waals surface area contributed by atoms with Gasteiger partial charge in [0.25, 0.3) is 0 Å². The monoisotopic (exact) mass is 174 g/mol. The molecule has 0 aliphatic carbocycles. The second kappa shape index (κ2) is 4.10. The lowest BCUT2D eigenvalue weighted by Crippen LogP contribution is -1.93. The van der Waals surface area contributed by atoms with Crippen LogP contribution in [0.4, 0.5) is 0 Å². The molecule has 0 fully saturated rings. The van der Waals surface area contributed by atoms with Gasteiger partial charge in [0.15, 0.2) is 22.1 Å². The van der Waals surface area contributed by atoms with E-state index in [4.69, 9.17) is 0 Å². The van der Waals surface area contributed by atoms with Crippen LogP contribution >= 0.6 is 0 Å². The van der Waals surface area contributed by atoms with Crippen LogP contribution in [-0.2, 0) is 0 Å². The van der Waals surface area contributed by atoms with E-state index in [1.54, 1.807) is 23.1 Å². The highest BCUT2D eigenvalue weighted by atomic mass is 27.0. The zero-order valence-corrected chi connectivity index (χ0v) is 7.55. The van der Waals surface area contributed by atoms with Crippen molar-refractivity contribution in [3.05, 3.63) is 40.8 Å². The van der Waals surface area contributed by atoms with Crippen molar-refractivity contribution < 1.29 is 9.90 Å². The first-order chi connectivity index (χ1) is 5.75. The highest BCUT2D eigenvalue weighted by Crippen LogP contribution is 2.16. The van der Waals surface area contributed by atoms with Crippen molar-refractivity contribution in [1.29, 1.82) is 0 Å². The highest BCUT2D eigenvalue weighted by molar-refractivity contribution is 6.20. The summed E-state index contributed by atoms with van der Waals surface area (Å²) in [7, 11) is 0. The molecular formula is C9H7AlO2. The predicted octanol–water partition coefficient (Wildman–Crippen LogP) is 1.26. The predicted molar refractivity (Wildman–Crippen MR) is 47.3 cm³/mol. The molecule has 0 heterocycles. The smallest absolute Gasteiger partial charge is 0.187 e. The van der Waals surface area contributed by atoms with Crippen molar-refractivity contribution >= 4 is 22.1 Å². The number of carbonyl (C=O) groups is 1. The first-order valence-electron chi connectivity index (χ1n) is 3.46. The lowest BCUT2D eigenvalue weighted by atomic mass is 10.1. The molecule has 0 aliphatic rings. The molecule has 0 bridgehead atoms. The Morgan fingerprint density at radius 3 is 2.67 bits per heavy atom. The van der Waals surface area contributed by atoms with E-state index in [9.17, 15) is 9.90 Å². The largest absolute Gasteiger partial charge is 0.507 e. The second-order valence-corrected chi connectivity index (χ2v) is 2.63. The topological polar surface area (TPSA) is 37.3 Å². The first-order valence-corrected chi connectivity index (χ1v) is 4.13. The van der Waals surface area contributed by atoms with Gasteiger partial charge in [0.2, 0.25) is 0 Å². The van der Waals surface area contributed by atoms with Crippen molar-refractivity contribution in [2.24, 2.45) is 0 Å². The molecule has 2 radical (unpaired) electrons. The molecule has 0 atom stereocenters. The SMILES string of the molecule is O=C(/C=[CH]/[Al])c1ccccc1O. The minimum Gasteiger partial charge on any atom is -0.507 e. The van der Waals surface area contributed by atoms with Crippen LogP contribution in [0, 0.1) is 0 Å². The molecule has 0 unspecified atom stereocenters. The van der Waals surface area contributed by atoms with Gasteiger partial charge >= 0.3 is 0 Å². The van der Waals surface area contributed by atoms with E-state index in [1.807, 2.05) is 0 Å². The number of hydrogen-bond acceptors (Lipinski definition) is 2. The number of phenolic OH excluding ortho intramolecular Hbond substituents is 1. The van der Waals surface area contributed by atoms with Crippen molar-refractivity contribution in [3.63, 3.8) is 0 Å². The third-order valence-corrected chi connectivity index (χ3v) is 1.61. The maximum absolute atomic E-state index is 11.2. The summed E-state index contributed by atoms with van der Waals surface area (Å²) >= 11 is 2.31. The van der Waals surface area contributed by atoms with Crippen LogP contribution in [0.15, 0.2) is 35.3 Å². The third-order valence-electron chi connectivity index (χ3n) is 1.42. The number of para-hydroxylation sites is 1. The van der Waals surface area contributed by atoms with Crippen LogP contribution in [0.25, 0.3) is 0 Å². The summed E-state index contributed by atoms with van der Waals surface area (Å²) in [4.78, 5) is 12.8. The van der Waals surface area contributed by atoms with Crippen LogP contribution < -0.4 is 0 Å². The number of rotatable bonds is 2. The van der Waals surface area contributed by atoms with Crippen molar-refractivity contribution in [2.75, 3.05) is 0 Å². The molecule has 0 amide bonds. The third kappa shape index (κ3) is 1.97. The Labute approximate surface area is 79.0 Å². The van der Waals surface area contributed by atoms with Gasteiger partial charge in [-0.25, -0.2) is 0 Å². The average molecular weight is 174 g/mol. The molecule has 0 saturated heterocycles. The Hall–Kier alpha value is -1.04. The van der Waals surface area contributed by atoms with Gasteiger partial charge in [-0.05, 0) is 18.2 Å². The highest BCUT2D eigenvalue weighted by Gasteiger charge is 2.04. The minimum absolute atomic E-state index is 0.0191. The second-order valence-electron chi connectivity index (χ2n) is 2.24. The Kier molecular flexibility index (Phi) is 3.10. The Balaban J connectivity index is 3.03. The lowest BCUT2D eigenvalue weighted by Gasteiger charge is -1.97. The van der Waals surface area contributed by atoms with Crippen LogP contribution in [0.2, 0.25) is 0 Å². The first kappa shape index (κ1) is 9.05. The summed E-state index contributed by atoms with van der Waals surface area (Å²) in [6, 6.07) is 6.46. The summed E-state index contributed by atoms with van der Waals surface area (Å²) in [5, 5.41) is 9.25. The molecule has 1 aromatic carbocycles. The molecule has 3 heteroatoms. The zero-order chi connectivity index (χ0) is 8.97. The van der Waals surface area contributed by atoms with E-state index in [1.165, 1.54) is 12.1 Å². The van der Waals surface area contributed by atoms with Crippen LogP contribution in [0.5, 0.6) is 5.75 Å². The minimum atomic E-state index is -0.192. The fourth-order valence-electron chi connectivity index (χ4n) is 0.859. The fourth-order valence-corrected chi connectivity index (χ4v) is 1.03. The van der Waals surface area contributed by atoms with E-state index in [0.717, 1.165) is 0 Å². The van der Waals surface area contributed by atoms with E-state index in [0.29, 0.717) is 5.56 Å². The zero-order valence-electron chi connectivity index (χ0n) is 6.40. The molecule has 1 aromatic rings. The van der Waals surface area contributed by atoms with Gasteiger partial charge in [-0.2, -0.15) is 4.94 Å². The lowest BCUT2D eigenvalue weighted by molar-refractivity contribution is 0.104. The van der Waals surface area contributed by atoms with E-state index >= 15 is 0 Å². The summed E-state index contributed by atoms with van der Waals surface area (Å²) in [6.45, 7) is 0. The average Bonchev–Trinajstić information content (AvgIpc) is 2.05. The summed E-state index contributed by atoms with van der Waals surface area (Å²) in [5.74, 6) is -0.172. The van der Waals surface area contributed by atoms with Gasteiger partial charge in [0.1, 0.15) is 5.75 Å².